The van der Waals surface area contributed by atoms with E-state index in [1.807, 2.05) is 0 Å². The van der Waals surface area contributed by atoms with Gasteiger partial charge in [-0.3, -0.25) is 5.10 Å². The molecule has 14 heavy (non-hydrogen) atoms. The van der Waals surface area contributed by atoms with E-state index in [-0.39, 0.29) is 18.1 Å². The van der Waals surface area contributed by atoms with Crippen LogP contribution in [-0.4, -0.2) is 33.1 Å². The summed E-state index contributed by atoms with van der Waals surface area (Å²) in [6.45, 7) is -0.212. The Morgan fingerprint density at radius 3 is 2.93 bits per heavy atom. The highest BCUT2D eigenvalue weighted by Crippen LogP contribution is 2.16. The van der Waals surface area contributed by atoms with Crippen molar-refractivity contribution in [2.24, 2.45) is 5.11 Å². The summed E-state index contributed by atoms with van der Waals surface area (Å²) in [5.41, 5.74) is 13.6. The number of H-pyrrole nitrogens is 1. The molecule has 2 unspecified atom stereocenters. The fourth-order valence-electron chi connectivity index (χ4n) is 0.932. The summed E-state index contributed by atoms with van der Waals surface area (Å²) in [5.74, 6) is 0.218. The van der Waals surface area contributed by atoms with Gasteiger partial charge in [0.05, 0.1) is 18.3 Å². The van der Waals surface area contributed by atoms with Crippen LogP contribution in [0.2, 0.25) is 0 Å². The summed E-state index contributed by atoms with van der Waals surface area (Å²) in [6, 6.07) is 1.39. The average molecular weight is 198 g/mol. The normalized spacial score (nSPS) is 14.4. The van der Waals surface area contributed by atoms with Crippen LogP contribution in [0.25, 0.3) is 10.4 Å². The number of rotatable bonds is 4. The Balaban J connectivity index is 2.64. The van der Waals surface area contributed by atoms with Crippen LogP contribution in [0.15, 0.2) is 11.2 Å². The molecule has 0 aliphatic rings. The molecule has 0 aromatic carbocycles. The first-order chi connectivity index (χ1) is 6.65. The van der Waals surface area contributed by atoms with Gasteiger partial charge in [-0.2, -0.15) is 5.10 Å². The highest BCUT2D eigenvalue weighted by molar-refractivity contribution is 5.29. The van der Waals surface area contributed by atoms with E-state index in [9.17, 15) is 10.2 Å². The summed E-state index contributed by atoms with van der Waals surface area (Å²) in [6.07, 6.45) is -2.36. The van der Waals surface area contributed by atoms with Crippen LogP contribution in [0.5, 0.6) is 0 Å². The predicted octanol–water partition coefficient (Wildman–Crippen LogP) is -0.304. The topological polar surface area (TPSA) is 144 Å². The zero-order chi connectivity index (χ0) is 10.6. The lowest BCUT2D eigenvalue weighted by atomic mass is 10.1. The standard InChI is InChI=1S/C6H10N6O2/c7-5-1-3(10-11-5)6(14)4(13)2-9-12-8/h1,4,6,13-14H,2H2,(H3,7,10,11). The molecule has 76 valence electrons. The van der Waals surface area contributed by atoms with Crippen molar-refractivity contribution in [3.8, 4) is 0 Å². The molecule has 1 rings (SSSR count). The van der Waals surface area contributed by atoms with Crippen molar-refractivity contribution >= 4 is 5.82 Å². The highest BCUT2D eigenvalue weighted by Gasteiger charge is 2.19. The third-order valence-electron chi connectivity index (χ3n) is 1.63. The summed E-state index contributed by atoms with van der Waals surface area (Å²) in [7, 11) is 0. The van der Waals surface area contributed by atoms with Gasteiger partial charge in [-0.25, -0.2) is 0 Å². The SMILES string of the molecule is [N-]=[N+]=NCC(O)C(O)c1cc(N)n[nH]1. The van der Waals surface area contributed by atoms with E-state index in [4.69, 9.17) is 11.3 Å². The number of nitrogens with two attached hydrogens (primary N) is 1. The van der Waals surface area contributed by atoms with Crippen LogP contribution in [-0.2, 0) is 0 Å². The number of aliphatic hydroxyl groups is 2. The van der Waals surface area contributed by atoms with E-state index in [2.05, 4.69) is 20.2 Å². The first-order valence-electron chi connectivity index (χ1n) is 3.83. The number of nitrogen functional groups attached to an aromatic ring is 1. The minimum absolute atomic E-state index is 0.212. The third-order valence-corrected chi connectivity index (χ3v) is 1.63. The molecule has 2 atom stereocenters. The maximum Gasteiger partial charge on any atom is 0.145 e. The lowest BCUT2D eigenvalue weighted by Gasteiger charge is -2.13. The van der Waals surface area contributed by atoms with E-state index in [0.717, 1.165) is 0 Å². The predicted molar refractivity (Wildman–Crippen MR) is 48.0 cm³/mol. The van der Waals surface area contributed by atoms with Gasteiger partial charge >= 0.3 is 0 Å². The Kier molecular flexibility index (Phi) is 3.29. The van der Waals surface area contributed by atoms with E-state index in [1.165, 1.54) is 6.07 Å². The molecule has 0 amide bonds. The Morgan fingerprint density at radius 2 is 2.43 bits per heavy atom. The minimum Gasteiger partial charge on any atom is -0.390 e. The van der Waals surface area contributed by atoms with Gasteiger partial charge < -0.3 is 15.9 Å². The molecule has 5 N–H and O–H groups in total. The van der Waals surface area contributed by atoms with Crippen LogP contribution < -0.4 is 5.73 Å². The number of anilines is 1. The molecule has 0 saturated heterocycles. The molecule has 1 heterocycles. The van der Waals surface area contributed by atoms with Crippen LogP contribution >= 0.6 is 0 Å². The van der Waals surface area contributed by atoms with Crippen LogP contribution in [0.3, 0.4) is 0 Å². The number of nitrogens with zero attached hydrogens (tertiary/aromatic N) is 4. The second kappa shape index (κ2) is 4.47. The van der Waals surface area contributed by atoms with Crippen molar-refractivity contribution in [1.29, 1.82) is 0 Å². The van der Waals surface area contributed by atoms with Gasteiger partial charge in [0.2, 0.25) is 0 Å². The van der Waals surface area contributed by atoms with Crippen molar-refractivity contribution in [2.75, 3.05) is 12.3 Å². The molecule has 1 aromatic rings. The number of nitrogens with one attached hydrogen (secondary N) is 1. The Bertz CT molecular complexity index is 344. The summed E-state index contributed by atoms with van der Waals surface area (Å²) >= 11 is 0. The molecule has 0 radical (unpaired) electrons. The van der Waals surface area contributed by atoms with E-state index >= 15 is 0 Å². The van der Waals surface area contributed by atoms with Gasteiger partial charge in [0.1, 0.15) is 11.9 Å². The molecule has 0 spiro atoms. The van der Waals surface area contributed by atoms with Gasteiger partial charge in [0.15, 0.2) is 0 Å². The number of hydrogen-bond donors (Lipinski definition) is 4. The monoisotopic (exact) mass is 198 g/mol. The lowest BCUT2D eigenvalue weighted by Crippen LogP contribution is -2.21. The highest BCUT2D eigenvalue weighted by atomic mass is 16.3. The fourth-order valence-corrected chi connectivity index (χ4v) is 0.932. The second-order valence-corrected chi connectivity index (χ2v) is 2.67. The van der Waals surface area contributed by atoms with Crippen LogP contribution in [0.1, 0.15) is 11.8 Å². The first kappa shape index (κ1) is 10.3. The van der Waals surface area contributed by atoms with Gasteiger partial charge in [-0.1, -0.05) is 5.11 Å². The van der Waals surface area contributed by atoms with Gasteiger partial charge in [0, 0.05) is 11.0 Å². The number of aromatic amines is 1. The quantitative estimate of drug-likeness (QED) is 0.299. The van der Waals surface area contributed by atoms with Crippen molar-refractivity contribution < 1.29 is 10.2 Å². The van der Waals surface area contributed by atoms with E-state index < -0.39 is 12.2 Å². The molecular formula is C6H10N6O2. The molecule has 8 nitrogen and oxygen atoms in total. The van der Waals surface area contributed by atoms with Crippen molar-refractivity contribution in [2.45, 2.75) is 12.2 Å². The average Bonchev–Trinajstić information content (AvgIpc) is 2.60. The minimum atomic E-state index is -1.19. The lowest BCUT2D eigenvalue weighted by molar-refractivity contribution is 0.0217. The largest absolute Gasteiger partial charge is 0.390 e. The third kappa shape index (κ3) is 2.36. The fraction of sp³-hybridized carbons (Fsp3) is 0.500. The number of aromatic nitrogens is 2. The molecule has 1 aromatic heterocycles. The molecule has 0 aliphatic carbocycles. The maximum atomic E-state index is 9.47. The summed E-state index contributed by atoms with van der Waals surface area (Å²) in [5, 5.41) is 27.9. The van der Waals surface area contributed by atoms with Gasteiger partial charge in [-0.05, 0) is 5.53 Å². The van der Waals surface area contributed by atoms with Gasteiger partial charge in [-0.15, -0.1) is 0 Å². The Morgan fingerprint density at radius 1 is 1.71 bits per heavy atom. The van der Waals surface area contributed by atoms with Crippen molar-refractivity contribution in [1.82, 2.24) is 10.2 Å². The smallest absolute Gasteiger partial charge is 0.145 e. The van der Waals surface area contributed by atoms with Crippen LogP contribution in [0.4, 0.5) is 5.82 Å². The van der Waals surface area contributed by atoms with E-state index in [1.54, 1.807) is 0 Å². The maximum absolute atomic E-state index is 9.47. The molecular weight excluding hydrogens is 188 g/mol. The number of hydrogen-bond acceptors (Lipinski definition) is 5. The van der Waals surface area contributed by atoms with Crippen molar-refractivity contribution in [3.05, 3.63) is 22.2 Å². The molecule has 0 saturated carbocycles. The second-order valence-electron chi connectivity index (χ2n) is 2.67. The molecule has 0 aliphatic heterocycles. The molecule has 0 bridgehead atoms. The summed E-state index contributed by atoms with van der Waals surface area (Å²) in [4.78, 5) is 2.46. The zero-order valence-electron chi connectivity index (χ0n) is 7.20. The van der Waals surface area contributed by atoms with E-state index in [0.29, 0.717) is 0 Å². The first-order valence-corrected chi connectivity index (χ1v) is 3.83. The van der Waals surface area contributed by atoms with Gasteiger partial charge in [0.25, 0.3) is 0 Å². The Hall–Kier alpha value is -1.76. The Labute approximate surface area is 79.0 Å². The number of aliphatic hydroxyl groups excluding tert-OH is 2. The summed E-state index contributed by atoms with van der Waals surface area (Å²) < 4.78 is 0. The zero-order valence-corrected chi connectivity index (χ0v) is 7.20. The molecule has 0 fully saturated rings. The van der Waals surface area contributed by atoms with Crippen LogP contribution in [0, 0.1) is 0 Å². The number of azide groups is 1. The van der Waals surface area contributed by atoms with Crippen molar-refractivity contribution in [3.63, 3.8) is 0 Å². The molecule has 8 heteroatoms.